The molecule has 0 saturated carbocycles. The number of anilines is 1. The van der Waals surface area contributed by atoms with Gasteiger partial charge >= 0.3 is 0 Å². The van der Waals surface area contributed by atoms with Crippen molar-refractivity contribution in [3.63, 3.8) is 0 Å². The number of para-hydroxylation sites is 1. The van der Waals surface area contributed by atoms with E-state index in [2.05, 4.69) is 11.2 Å². The van der Waals surface area contributed by atoms with Crippen LogP contribution in [0.1, 0.15) is 18.4 Å². The maximum atomic E-state index is 12.9. The summed E-state index contributed by atoms with van der Waals surface area (Å²) in [5.74, 6) is -0.921. The molecule has 0 saturated heterocycles. The van der Waals surface area contributed by atoms with E-state index in [0.717, 1.165) is 11.3 Å². The highest BCUT2D eigenvalue weighted by Crippen LogP contribution is 2.39. The number of nitrogens with zero attached hydrogens (tertiary/aromatic N) is 5. The Balaban J connectivity index is 1.73. The van der Waals surface area contributed by atoms with Gasteiger partial charge in [0.25, 0.3) is 0 Å². The molecule has 1 aromatic heterocycles. The standard InChI is InChI=1S/C28H21ClN6O/c1-18(36)26-25(23(16-30)28(31)35(33-26)22-14-12-20(29)13-15-22)24-17-34(21-10-6-3-7-11-21)32-27(24)19-8-4-2-5-9-19/h2-15,17,25H,31H2,1H3. The number of rotatable bonds is 5. The lowest BCUT2D eigenvalue weighted by Crippen LogP contribution is -2.36. The van der Waals surface area contributed by atoms with E-state index in [4.69, 9.17) is 22.4 Å². The van der Waals surface area contributed by atoms with Crippen molar-refractivity contribution < 1.29 is 4.79 Å². The first kappa shape index (κ1) is 23.1. The Morgan fingerprint density at radius 3 is 2.22 bits per heavy atom. The number of nitriles is 1. The summed E-state index contributed by atoms with van der Waals surface area (Å²) in [5.41, 5.74) is 10.5. The van der Waals surface area contributed by atoms with E-state index in [-0.39, 0.29) is 22.9 Å². The molecule has 5 rings (SSSR count). The van der Waals surface area contributed by atoms with Crippen molar-refractivity contribution in [2.75, 3.05) is 5.01 Å². The van der Waals surface area contributed by atoms with Gasteiger partial charge in [0.15, 0.2) is 5.78 Å². The molecule has 0 amide bonds. The highest BCUT2D eigenvalue weighted by Gasteiger charge is 2.37. The molecule has 2 heterocycles. The third-order valence-electron chi connectivity index (χ3n) is 5.95. The second-order valence-corrected chi connectivity index (χ2v) is 8.69. The van der Waals surface area contributed by atoms with Gasteiger partial charge in [-0.3, -0.25) is 4.79 Å². The van der Waals surface area contributed by atoms with Crippen LogP contribution in [0.4, 0.5) is 5.69 Å². The minimum atomic E-state index is -0.788. The zero-order valence-electron chi connectivity index (χ0n) is 19.3. The molecule has 0 radical (unpaired) electrons. The quantitative estimate of drug-likeness (QED) is 0.400. The third-order valence-corrected chi connectivity index (χ3v) is 6.20. The van der Waals surface area contributed by atoms with Crippen molar-refractivity contribution in [1.29, 1.82) is 5.26 Å². The van der Waals surface area contributed by atoms with Crippen LogP contribution >= 0.6 is 11.6 Å². The van der Waals surface area contributed by atoms with Crippen molar-refractivity contribution in [2.24, 2.45) is 10.8 Å². The van der Waals surface area contributed by atoms with Crippen LogP contribution in [-0.2, 0) is 4.79 Å². The van der Waals surface area contributed by atoms with Gasteiger partial charge in [-0.15, -0.1) is 0 Å². The van der Waals surface area contributed by atoms with Crippen LogP contribution in [0, 0.1) is 11.3 Å². The number of carbonyl (C=O) groups is 1. The molecule has 1 aliphatic rings. The van der Waals surface area contributed by atoms with Crippen LogP contribution in [0.25, 0.3) is 16.9 Å². The van der Waals surface area contributed by atoms with Crippen LogP contribution in [0.5, 0.6) is 0 Å². The van der Waals surface area contributed by atoms with Gasteiger partial charge in [0.1, 0.15) is 11.5 Å². The molecule has 1 aliphatic heterocycles. The molecule has 0 spiro atoms. The highest BCUT2D eigenvalue weighted by molar-refractivity contribution is 6.42. The van der Waals surface area contributed by atoms with E-state index in [1.807, 2.05) is 66.9 Å². The number of allylic oxidation sites excluding steroid dienone is 1. The molecule has 4 aromatic rings. The van der Waals surface area contributed by atoms with Crippen LogP contribution in [0.2, 0.25) is 5.02 Å². The fraction of sp³-hybridized carbons (Fsp3) is 0.0714. The van der Waals surface area contributed by atoms with Crippen LogP contribution in [-0.4, -0.2) is 21.3 Å². The molecule has 36 heavy (non-hydrogen) atoms. The zero-order valence-corrected chi connectivity index (χ0v) is 20.1. The summed E-state index contributed by atoms with van der Waals surface area (Å²) >= 11 is 6.04. The molecule has 8 heteroatoms. The molecule has 3 aromatic carbocycles. The first-order chi connectivity index (χ1) is 17.5. The lowest BCUT2D eigenvalue weighted by Gasteiger charge is -2.30. The molecule has 1 unspecified atom stereocenters. The molecule has 1 atom stereocenters. The normalized spacial score (nSPS) is 15.4. The fourth-order valence-corrected chi connectivity index (χ4v) is 4.35. The number of nitrogens with two attached hydrogens (primary N) is 1. The van der Waals surface area contributed by atoms with E-state index in [1.54, 1.807) is 28.9 Å². The summed E-state index contributed by atoms with van der Waals surface area (Å²) in [5, 5.41) is 21.7. The lowest BCUT2D eigenvalue weighted by molar-refractivity contribution is -0.111. The van der Waals surface area contributed by atoms with Gasteiger partial charge in [0, 0.05) is 29.3 Å². The van der Waals surface area contributed by atoms with E-state index < -0.39 is 5.92 Å². The predicted octanol–water partition coefficient (Wildman–Crippen LogP) is 5.44. The Morgan fingerprint density at radius 2 is 1.61 bits per heavy atom. The molecular weight excluding hydrogens is 472 g/mol. The van der Waals surface area contributed by atoms with Gasteiger partial charge in [-0.1, -0.05) is 60.1 Å². The summed E-state index contributed by atoms with van der Waals surface area (Å²) in [4.78, 5) is 12.9. The summed E-state index contributed by atoms with van der Waals surface area (Å²) in [6.45, 7) is 1.44. The molecule has 2 N–H and O–H groups in total. The van der Waals surface area contributed by atoms with E-state index in [9.17, 15) is 10.1 Å². The van der Waals surface area contributed by atoms with E-state index in [1.165, 1.54) is 11.9 Å². The van der Waals surface area contributed by atoms with E-state index >= 15 is 0 Å². The molecule has 0 aliphatic carbocycles. The van der Waals surface area contributed by atoms with Crippen molar-refractivity contribution in [3.05, 3.63) is 113 Å². The average molecular weight is 493 g/mol. The number of halogens is 1. The monoisotopic (exact) mass is 492 g/mol. The largest absolute Gasteiger partial charge is 0.383 e. The van der Waals surface area contributed by atoms with Crippen molar-refractivity contribution in [1.82, 2.24) is 9.78 Å². The van der Waals surface area contributed by atoms with Crippen LogP contribution < -0.4 is 10.7 Å². The summed E-state index contributed by atoms with van der Waals surface area (Å²) in [7, 11) is 0. The Morgan fingerprint density at radius 1 is 0.972 bits per heavy atom. The molecule has 176 valence electrons. The Labute approximate surface area is 213 Å². The molecule has 7 nitrogen and oxygen atoms in total. The maximum absolute atomic E-state index is 12.9. The van der Waals surface area contributed by atoms with E-state index in [0.29, 0.717) is 22.0 Å². The zero-order chi connectivity index (χ0) is 25.2. The Kier molecular flexibility index (Phi) is 6.11. The Bertz CT molecular complexity index is 1530. The van der Waals surface area contributed by atoms with Gasteiger partial charge in [-0.2, -0.15) is 15.5 Å². The van der Waals surface area contributed by atoms with Gasteiger partial charge in [0.05, 0.1) is 34.6 Å². The summed E-state index contributed by atoms with van der Waals surface area (Å²) in [6, 6.07) is 28.4. The number of hydrogen-bond acceptors (Lipinski definition) is 6. The highest BCUT2D eigenvalue weighted by atomic mass is 35.5. The van der Waals surface area contributed by atoms with Crippen LogP contribution in [0.3, 0.4) is 0 Å². The topological polar surface area (TPSA) is 100 Å². The first-order valence-corrected chi connectivity index (χ1v) is 11.6. The van der Waals surface area contributed by atoms with Crippen molar-refractivity contribution in [3.8, 4) is 23.0 Å². The minimum absolute atomic E-state index is 0.140. The molecule has 0 bridgehead atoms. The maximum Gasteiger partial charge on any atom is 0.176 e. The number of hydrazone groups is 1. The minimum Gasteiger partial charge on any atom is -0.383 e. The number of Topliss-reactive ketones (excluding diaryl/α,β-unsaturated/α-hetero) is 1. The van der Waals surface area contributed by atoms with Gasteiger partial charge in [0.2, 0.25) is 0 Å². The van der Waals surface area contributed by atoms with Crippen molar-refractivity contribution >= 4 is 28.8 Å². The number of ketones is 1. The lowest BCUT2D eigenvalue weighted by atomic mass is 9.83. The second kappa shape index (κ2) is 9.53. The summed E-state index contributed by atoms with van der Waals surface area (Å²) < 4.78 is 1.74. The average Bonchev–Trinajstić information content (AvgIpc) is 3.35. The fourth-order valence-electron chi connectivity index (χ4n) is 4.23. The van der Waals surface area contributed by atoms with Gasteiger partial charge < -0.3 is 5.73 Å². The van der Waals surface area contributed by atoms with Crippen LogP contribution in [0.15, 0.2) is 108 Å². The smallest absolute Gasteiger partial charge is 0.176 e. The van der Waals surface area contributed by atoms with Crippen molar-refractivity contribution in [2.45, 2.75) is 12.8 Å². The first-order valence-electron chi connectivity index (χ1n) is 11.2. The molecule has 0 fully saturated rings. The van der Waals surface area contributed by atoms with Gasteiger partial charge in [-0.25, -0.2) is 9.69 Å². The SMILES string of the molecule is CC(=O)C1=NN(c2ccc(Cl)cc2)C(N)=C(C#N)C1c1cn(-c2ccccc2)nc1-c1ccccc1. The number of aromatic nitrogens is 2. The predicted molar refractivity (Wildman–Crippen MR) is 141 cm³/mol. The number of benzene rings is 3. The number of carbonyl (C=O) groups excluding carboxylic acids is 1. The second-order valence-electron chi connectivity index (χ2n) is 8.25. The summed E-state index contributed by atoms with van der Waals surface area (Å²) in [6.07, 6.45) is 1.84. The number of hydrogen-bond donors (Lipinski definition) is 1. The third kappa shape index (κ3) is 4.15. The Hall–Kier alpha value is -4.67. The van der Waals surface area contributed by atoms with Gasteiger partial charge in [-0.05, 0) is 36.4 Å². The molecular formula is C28H21ClN6O.